The highest BCUT2D eigenvalue weighted by molar-refractivity contribution is 5.68. The van der Waals surface area contributed by atoms with Crippen molar-refractivity contribution >= 4 is 11.9 Å². The molecule has 0 amide bonds. The Morgan fingerprint density at radius 2 is 1.90 bits per heavy atom. The maximum Gasteiger partial charge on any atom is 0.303 e. The van der Waals surface area contributed by atoms with Crippen LogP contribution in [0, 0.1) is 16.7 Å². The van der Waals surface area contributed by atoms with Crippen molar-refractivity contribution in [1.29, 1.82) is 0 Å². The van der Waals surface area contributed by atoms with Crippen LogP contribution in [0.4, 0.5) is 0 Å². The van der Waals surface area contributed by atoms with Gasteiger partial charge in [0.2, 0.25) is 0 Å². The summed E-state index contributed by atoms with van der Waals surface area (Å²) in [5.41, 5.74) is 1.77. The van der Waals surface area contributed by atoms with Gasteiger partial charge < -0.3 is 14.6 Å². The number of esters is 2. The van der Waals surface area contributed by atoms with Gasteiger partial charge in [-0.3, -0.25) is 9.59 Å². The van der Waals surface area contributed by atoms with Gasteiger partial charge in [0, 0.05) is 19.3 Å². The predicted octanol–water partition coefficient (Wildman–Crippen LogP) is 4.26. The highest BCUT2D eigenvalue weighted by atomic mass is 16.6. The lowest BCUT2D eigenvalue weighted by atomic mass is 9.48. The number of phenolic OH excluding ortho intramolecular Hbond substituents is 1. The molecule has 4 aliphatic rings. The molecule has 4 aliphatic carbocycles. The van der Waals surface area contributed by atoms with E-state index in [0.29, 0.717) is 17.6 Å². The van der Waals surface area contributed by atoms with E-state index in [2.05, 4.69) is 13.0 Å². The fraction of sp³-hybridized carbons (Fsp3) is 0.667. The number of fused-ring (bicyclic) bond motifs is 3. The van der Waals surface area contributed by atoms with E-state index in [9.17, 15) is 14.7 Å². The first kappa shape index (κ1) is 19.0. The molecule has 5 nitrogen and oxygen atoms in total. The van der Waals surface area contributed by atoms with Gasteiger partial charge in [0.25, 0.3) is 0 Å². The molecule has 5 heteroatoms. The van der Waals surface area contributed by atoms with Crippen LogP contribution in [-0.4, -0.2) is 28.8 Å². The minimum atomic E-state index is -0.704. The van der Waals surface area contributed by atoms with Crippen LogP contribution in [0.15, 0.2) is 18.2 Å². The molecule has 1 N–H and O–H groups in total. The first-order valence-electron chi connectivity index (χ1n) is 10.9. The molecule has 0 radical (unpaired) electrons. The van der Waals surface area contributed by atoms with E-state index >= 15 is 0 Å². The highest BCUT2D eigenvalue weighted by Gasteiger charge is 2.79. The largest absolute Gasteiger partial charge is 0.508 e. The Hall–Kier alpha value is -2.04. The Morgan fingerprint density at radius 1 is 1.10 bits per heavy atom. The van der Waals surface area contributed by atoms with E-state index in [4.69, 9.17) is 9.47 Å². The quantitative estimate of drug-likeness (QED) is 0.754. The molecule has 1 aromatic carbocycles. The molecule has 0 saturated heterocycles. The molecule has 156 valence electrons. The van der Waals surface area contributed by atoms with E-state index < -0.39 is 5.60 Å². The Morgan fingerprint density at radius 3 is 2.62 bits per heavy atom. The number of benzene rings is 1. The third-order valence-corrected chi connectivity index (χ3v) is 9.08. The number of aromatic hydroxyl groups is 1. The van der Waals surface area contributed by atoms with Crippen LogP contribution in [-0.2, 0) is 25.5 Å². The standard InChI is InChI=1S/C24H30O5/c1-14(25)28-21-13-23-10-11-24(21,29-15(2)26)22(23,3)9-8-19-18-6-5-17(27)12-16(18)4-7-20(19)23/h5-6,12,19-21,27H,4,7-11,13H2,1-3H3/t19-,20-,21-,22+,23+,24-/m1/s1. The molecule has 1 aromatic rings. The molecule has 5 rings (SSSR count). The van der Waals surface area contributed by atoms with E-state index in [1.807, 2.05) is 6.07 Å². The zero-order chi connectivity index (χ0) is 20.6. The van der Waals surface area contributed by atoms with Gasteiger partial charge in [-0.1, -0.05) is 13.0 Å². The normalized spacial score (nSPS) is 41.8. The lowest BCUT2D eigenvalue weighted by Gasteiger charge is -2.56. The third-order valence-electron chi connectivity index (χ3n) is 9.08. The second kappa shape index (κ2) is 5.99. The first-order valence-corrected chi connectivity index (χ1v) is 10.9. The molecule has 29 heavy (non-hydrogen) atoms. The summed E-state index contributed by atoms with van der Waals surface area (Å²) < 4.78 is 11.9. The zero-order valence-corrected chi connectivity index (χ0v) is 17.5. The minimum Gasteiger partial charge on any atom is -0.508 e. The average Bonchev–Trinajstić information content (AvgIpc) is 3.00. The Kier molecular flexibility index (Phi) is 3.92. The smallest absolute Gasteiger partial charge is 0.303 e. The topological polar surface area (TPSA) is 72.8 Å². The van der Waals surface area contributed by atoms with Gasteiger partial charge in [0.15, 0.2) is 5.60 Å². The van der Waals surface area contributed by atoms with Crippen molar-refractivity contribution in [2.45, 2.75) is 83.3 Å². The minimum absolute atomic E-state index is 0.0149. The zero-order valence-electron chi connectivity index (χ0n) is 17.5. The van der Waals surface area contributed by atoms with Crippen molar-refractivity contribution in [3.05, 3.63) is 29.3 Å². The number of aryl methyl sites for hydroxylation is 1. The van der Waals surface area contributed by atoms with E-state index in [1.165, 1.54) is 25.0 Å². The van der Waals surface area contributed by atoms with Crippen LogP contribution in [0.1, 0.15) is 76.3 Å². The van der Waals surface area contributed by atoms with Crippen LogP contribution in [0.3, 0.4) is 0 Å². The van der Waals surface area contributed by atoms with Crippen LogP contribution in [0.2, 0.25) is 0 Å². The molecule has 0 heterocycles. The molecule has 6 atom stereocenters. The molecule has 3 fully saturated rings. The number of ether oxygens (including phenoxy) is 2. The SMILES string of the molecule is CC(=O)O[C@@H]1C[C@]23CC[C@]1(OC(C)=O)[C@@]2(C)CC[C@@H]1c2ccc(O)cc2CC[C@H]13. The van der Waals surface area contributed by atoms with Crippen molar-refractivity contribution in [3.63, 3.8) is 0 Å². The maximum atomic E-state index is 12.1. The number of carbonyl (C=O) groups excluding carboxylic acids is 2. The summed E-state index contributed by atoms with van der Waals surface area (Å²) in [4.78, 5) is 24.0. The van der Waals surface area contributed by atoms with Gasteiger partial charge in [-0.15, -0.1) is 0 Å². The molecular weight excluding hydrogens is 368 g/mol. The molecule has 3 saturated carbocycles. The number of carbonyl (C=O) groups is 2. The van der Waals surface area contributed by atoms with Gasteiger partial charge in [0.1, 0.15) is 11.9 Å². The molecule has 0 spiro atoms. The molecule has 0 aliphatic heterocycles. The first-order chi connectivity index (χ1) is 13.7. The summed E-state index contributed by atoms with van der Waals surface area (Å²) in [5.74, 6) is 0.693. The van der Waals surface area contributed by atoms with Crippen molar-refractivity contribution in [1.82, 2.24) is 0 Å². The molecule has 0 aromatic heterocycles. The summed E-state index contributed by atoms with van der Waals surface area (Å²) >= 11 is 0. The van der Waals surface area contributed by atoms with Crippen molar-refractivity contribution in [3.8, 4) is 5.75 Å². The molecular formula is C24H30O5. The lowest BCUT2D eigenvalue weighted by molar-refractivity contribution is -0.197. The fourth-order valence-corrected chi connectivity index (χ4v) is 8.11. The molecule has 2 bridgehead atoms. The van der Waals surface area contributed by atoms with Crippen LogP contribution < -0.4 is 0 Å². The van der Waals surface area contributed by atoms with E-state index in [1.54, 1.807) is 6.07 Å². The van der Waals surface area contributed by atoms with Gasteiger partial charge in [0.05, 0.1) is 0 Å². The molecule has 0 unspecified atom stereocenters. The summed E-state index contributed by atoms with van der Waals surface area (Å²) in [6.07, 6.45) is 6.24. The van der Waals surface area contributed by atoms with Gasteiger partial charge in [-0.2, -0.15) is 0 Å². The van der Waals surface area contributed by atoms with Gasteiger partial charge in [-0.05, 0) is 85.5 Å². The fourth-order valence-electron chi connectivity index (χ4n) is 8.11. The summed E-state index contributed by atoms with van der Waals surface area (Å²) in [6, 6.07) is 5.83. The monoisotopic (exact) mass is 398 g/mol. The Labute approximate surface area is 171 Å². The highest BCUT2D eigenvalue weighted by Crippen LogP contribution is 2.78. The van der Waals surface area contributed by atoms with Gasteiger partial charge >= 0.3 is 11.9 Å². The van der Waals surface area contributed by atoms with Crippen molar-refractivity contribution in [2.24, 2.45) is 16.7 Å². The number of hydrogen-bond donors (Lipinski definition) is 1. The van der Waals surface area contributed by atoms with Crippen LogP contribution in [0.25, 0.3) is 0 Å². The number of phenols is 1. The van der Waals surface area contributed by atoms with Crippen molar-refractivity contribution in [2.75, 3.05) is 0 Å². The second-order valence-electron chi connectivity index (χ2n) is 9.95. The van der Waals surface area contributed by atoms with E-state index in [-0.39, 0.29) is 28.9 Å². The Bertz CT molecular complexity index is 893. The summed E-state index contributed by atoms with van der Waals surface area (Å²) in [7, 11) is 0. The maximum absolute atomic E-state index is 12.1. The van der Waals surface area contributed by atoms with E-state index in [0.717, 1.165) is 44.9 Å². The Balaban J connectivity index is 1.59. The average molecular weight is 398 g/mol. The third kappa shape index (κ3) is 2.27. The van der Waals surface area contributed by atoms with Crippen LogP contribution in [0.5, 0.6) is 5.75 Å². The summed E-state index contributed by atoms with van der Waals surface area (Å²) in [6.45, 7) is 5.20. The lowest BCUT2D eigenvalue weighted by Crippen LogP contribution is -2.55. The van der Waals surface area contributed by atoms with Gasteiger partial charge in [-0.25, -0.2) is 0 Å². The number of rotatable bonds is 2. The number of hydrogen-bond acceptors (Lipinski definition) is 5. The van der Waals surface area contributed by atoms with Crippen LogP contribution >= 0.6 is 0 Å². The predicted molar refractivity (Wildman–Crippen MR) is 106 cm³/mol. The summed E-state index contributed by atoms with van der Waals surface area (Å²) in [5, 5.41) is 9.92. The van der Waals surface area contributed by atoms with Crippen molar-refractivity contribution < 1.29 is 24.2 Å². The second-order valence-corrected chi connectivity index (χ2v) is 9.95.